The number of carbonyl (C=O) groups excluding carboxylic acids is 2. The Morgan fingerprint density at radius 2 is 1.89 bits per heavy atom. The van der Waals surface area contributed by atoms with Crippen molar-refractivity contribution in [2.24, 2.45) is 11.8 Å². The van der Waals surface area contributed by atoms with Gasteiger partial charge in [-0.05, 0) is 43.6 Å². The number of methoxy groups -OCH3 is 1. The van der Waals surface area contributed by atoms with Gasteiger partial charge >= 0.3 is 0 Å². The molecule has 1 aromatic rings. The average Bonchev–Trinajstić information content (AvgIpc) is 2.66. The number of piperidine rings is 1. The van der Waals surface area contributed by atoms with Gasteiger partial charge in [0.25, 0.3) is 0 Å². The zero-order chi connectivity index (χ0) is 19.2. The first kappa shape index (κ1) is 19.8. The maximum atomic E-state index is 12.8. The molecule has 1 heterocycles. The van der Waals surface area contributed by atoms with Gasteiger partial charge in [0.1, 0.15) is 6.61 Å². The predicted octanol–water partition coefficient (Wildman–Crippen LogP) is 1.37. The number of likely N-dealkylation sites (tertiary alicyclic amines) is 1. The van der Waals surface area contributed by atoms with Crippen LogP contribution < -0.4 is 5.32 Å². The highest BCUT2D eigenvalue weighted by Crippen LogP contribution is 2.32. The van der Waals surface area contributed by atoms with E-state index in [1.54, 1.807) is 4.90 Å². The number of amides is 2. The van der Waals surface area contributed by atoms with Crippen molar-refractivity contribution >= 4 is 11.8 Å². The van der Waals surface area contributed by atoms with Gasteiger partial charge in [0.05, 0.1) is 6.10 Å². The van der Waals surface area contributed by atoms with Crippen LogP contribution in [0.5, 0.6) is 0 Å². The van der Waals surface area contributed by atoms with E-state index in [1.165, 1.54) is 12.7 Å². The van der Waals surface area contributed by atoms with Gasteiger partial charge in [0.15, 0.2) is 0 Å². The SMILES string of the molecule is COCC(=O)N1CCC(C(=O)N[C@H](Cc2ccccc2)C2CC(O)C2)CC1. The van der Waals surface area contributed by atoms with Crippen LogP contribution in [0.25, 0.3) is 0 Å². The molecule has 0 radical (unpaired) electrons. The second-order valence-corrected chi connectivity index (χ2v) is 7.78. The lowest BCUT2D eigenvalue weighted by molar-refractivity contribution is -0.139. The first-order valence-corrected chi connectivity index (χ1v) is 9.86. The smallest absolute Gasteiger partial charge is 0.248 e. The van der Waals surface area contributed by atoms with E-state index in [1.807, 2.05) is 18.2 Å². The highest BCUT2D eigenvalue weighted by atomic mass is 16.5. The third-order valence-electron chi connectivity index (χ3n) is 5.83. The summed E-state index contributed by atoms with van der Waals surface area (Å²) in [5.41, 5.74) is 1.20. The summed E-state index contributed by atoms with van der Waals surface area (Å²) in [6.07, 6.45) is 3.43. The summed E-state index contributed by atoms with van der Waals surface area (Å²) in [5.74, 6) is 0.338. The summed E-state index contributed by atoms with van der Waals surface area (Å²) < 4.78 is 4.90. The van der Waals surface area contributed by atoms with Crippen LogP contribution in [0.2, 0.25) is 0 Å². The van der Waals surface area contributed by atoms with E-state index in [0.717, 1.165) is 19.3 Å². The van der Waals surface area contributed by atoms with Crippen LogP contribution in [-0.4, -0.2) is 60.8 Å². The summed E-state index contributed by atoms with van der Waals surface area (Å²) in [7, 11) is 1.52. The molecule has 2 N–H and O–H groups in total. The van der Waals surface area contributed by atoms with Gasteiger partial charge < -0.3 is 20.1 Å². The number of benzene rings is 1. The van der Waals surface area contributed by atoms with E-state index in [0.29, 0.717) is 31.8 Å². The summed E-state index contributed by atoms with van der Waals surface area (Å²) in [5, 5.41) is 12.9. The number of nitrogens with zero attached hydrogens (tertiary/aromatic N) is 1. The molecule has 2 amide bonds. The van der Waals surface area contributed by atoms with Gasteiger partial charge in [0, 0.05) is 32.2 Å². The van der Waals surface area contributed by atoms with Gasteiger partial charge in [-0.1, -0.05) is 30.3 Å². The van der Waals surface area contributed by atoms with Crippen molar-refractivity contribution in [2.45, 2.75) is 44.2 Å². The minimum absolute atomic E-state index is 0.0123. The Hall–Kier alpha value is -1.92. The Labute approximate surface area is 160 Å². The van der Waals surface area contributed by atoms with Gasteiger partial charge in [-0.15, -0.1) is 0 Å². The Morgan fingerprint density at radius 1 is 1.22 bits per heavy atom. The molecule has 0 aromatic heterocycles. The monoisotopic (exact) mass is 374 g/mol. The van der Waals surface area contributed by atoms with Crippen LogP contribution in [0.3, 0.4) is 0 Å². The lowest BCUT2D eigenvalue weighted by Gasteiger charge is -2.39. The van der Waals surface area contributed by atoms with Crippen molar-refractivity contribution in [2.75, 3.05) is 26.8 Å². The van der Waals surface area contributed by atoms with Crippen LogP contribution in [0.1, 0.15) is 31.2 Å². The standard InChI is InChI=1S/C21H30N2O4/c1-27-14-20(25)23-9-7-16(8-10-23)21(26)22-19(17-12-18(24)13-17)11-15-5-3-2-4-6-15/h2-6,16-19,24H,7-14H2,1H3,(H,22,26)/t17?,18?,19-/m1/s1. The fourth-order valence-corrected chi connectivity index (χ4v) is 4.07. The largest absolute Gasteiger partial charge is 0.393 e. The normalized spacial score (nSPS) is 24.1. The van der Waals surface area contributed by atoms with E-state index in [9.17, 15) is 14.7 Å². The van der Waals surface area contributed by atoms with E-state index >= 15 is 0 Å². The van der Waals surface area contributed by atoms with Crippen LogP contribution in [-0.2, 0) is 20.7 Å². The minimum Gasteiger partial charge on any atom is -0.393 e. The molecule has 0 unspecified atom stereocenters. The maximum Gasteiger partial charge on any atom is 0.248 e. The van der Waals surface area contributed by atoms with Crippen LogP contribution >= 0.6 is 0 Å². The van der Waals surface area contributed by atoms with E-state index < -0.39 is 0 Å². The molecule has 1 saturated carbocycles. The Morgan fingerprint density at radius 3 is 2.48 bits per heavy atom. The third kappa shape index (κ3) is 5.30. The number of aliphatic hydroxyl groups excluding tert-OH is 1. The second-order valence-electron chi connectivity index (χ2n) is 7.78. The maximum absolute atomic E-state index is 12.8. The number of carbonyl (C=O) groups is 2. The first-order valence-electron chi connectivity index (χ1n) is 9.86. The molecule has 27 heavy (non-hydrogen) atoms. The number of rotatable bonds is 7. The van der Waals surface area contributed by atoms with Gasteiger partial charge in [-0.25, -0.2) is 0 Å². The fraction of sp³-hybridized carbons (Fsp3) is 0.619. The summed E-state index contributed by atoms with van der Waals surface area (Å²) in [6.45, 7) is 1.30. The van der Waals surface area contributed by atoms with Crippen molar-refractivity contribution in [3.8, 4) is 0 Å². The molecule has 1 aliphatic heterocycles. The van der Waals surface area contributed by atoms with Crippen molar-refractivity contribution in [3.63, 3.8) is 0 Å². The zero-order valence-corrected chi connectivity index (χ0v) is 16.0. The summed E-state index contributed by atoms with van der Waals surface area (Å²) in [4.78, 5) is 26.5. The zero-order valence-electron chi connectivity index (χ0n) is 16.0. The lowest BCUT2D eigenvalue weighted by atomic mass is 9.75. The molecule has 0 bridgehead atoms. The molecule has 0 spiro atoms. The molecule has 6 nitrogen and oxygen atoms in total. The second kappa shape index (κ2) is 9.33. The molecule has 1 aliphatic carbocycles. The molecule has 1 saturated heterocycles. The van der Waals surface area contributed by atoms with Crippen LogP contribution in [0, 0.1) is 11.8 Å². The topological polar surface area (TPSA) is 78.9 Å². The number of aliphatic hydroxyl groups is 1. The highest BCUT2D eigenvalue weighted by Gasteiger charge is 2.36. The molecular weight excluding hydrogens is 344 g/mol. The van der Waals surface area contributed by atoms with Gasteiger partial charge in [-0.2, -0.15) is 0 Å². The van der Waals surface area contributed by atoms with Crippen LogP contribution in [0.15, 0.2) is 30.3 Å². The van der Waals surface area contributed by atoms with Crippen molar-refractivity contribution in [1.29, 1.82) is 0 Å². The molecule has 2 fully saturated rings. The Balaban J connectivity index is 1.54. The molecular formula is C21H30N2O4. The van der Waals surface area contributed by atoms with Gasteiger partial charge in [0.2, 0.25) is 11.8 Å². The van der Waals surface area contributed by atoms with E-state index in [4.69, 9.17) is 4.74 Å². The fourth-order valence-electron chi connectivity index (χ4n) is 4.07. The first-order chi connectivity index (χ1) is 13.1. The molecule has 3 rings (SSSR count). The van der Waals surface area contributed by atoms with Crippen LogP contribution in [0.4, 0.5) is 0 Å². The molecule has 2 aliphatic rings. The molecule has 1 atom stereocenters. The highest BCUT2D eigenvalue weighted by molar-refractivity contribution is 5.80. The number of nitrogens with one attached hydrogen (secondary N) is 1. The Kier molecular flexibility index (Phi) is 6.85. The summed E-state index contributed by atoms with van der Waals surface area (Å²) >= 11 is 0. The van der Waals surface area contributed by atoms with Crippen molar-refractivity contribution in [1.82, 2.24) is 10.2 Å². The van der Waals surface area contributed by atoms with Gasteiger partial charge in [-0.3, -0.25) is 9.59 Å². The van der Waals surface area contributed by atoms with E-state index in [2.05, 4.69) is 17.4 Å². The number of hydrogen-bond donors (Lipinski definition) is 2. The summed E-state index contributed by atoms with van der Waals surface area (Å²) in [6, 6.07) is 10.2. The number of hydrogen-bond acceptors (Lipinski definition) is 4. The number of ether oxygens (including phenoxy) is 1. The molecule has 148 valence electrons. The quantitative estimate of drug-likeness (QED) is 0.756. The van der Waals surface area contributed by atoms with E-state index in [-0.39, 0.29) is 36.5 Å². The lowest BCUT2D eigenvalue weighted by Crippen LogP contribution is -2.51. The van der Waals surface area contributed by atoms with Crippen molar-refractivity contribution < 1.29 is 19.4 Å². The van der Waals surface area contributed by atoms with Crippen molar-refractivity contribution in [3.05, 3.63) is 35.9 Å². The third-order valence-corrected chi connectivity index (χ3v) is 5.83. The average molecular weight is 374 g/mol. The minimum atomic E-state index is -0.236. The molecule has 6 heteroatoms. The Bertz CT molecular complexity index is 622. The molecule has 1 aromatic carbocycles. The predicted molar refractivity (Wildman–Crippen MR) is 102 cm³/mol.